The normalized spacial score (nSPS) is 12.4. The molecule has 0 aliphatic heterocycles. The van der Waals surface area contributed by atoms with E-state index in [0.717, 1.165) is 11.3 Å². The fraction of sp³-hybridized carbons (Fsp3) is 0.214. The number of pyridine rings is 1. The van der Waals surface area contributed by atoms with Crippen molar-refractivity contribution in [1.82, 2.24) is 4.98 Å². The molecule has 1 aromatic carbocycles. The number of alkyl halides is 1. The van der Waals surface area contributed by atoms with Crippen LogP contribution in [0.25, 0.3) is 0 Å². The van der Waals surface area contributed by atoms with Gasteiger partial charge in [0.05, 0.1) is 5.38 Å². The van der Waals surface area contributed by atoms with Crippen LogP contribution in [0.2, 0.25) is 0 Å². The summed E-state index contributed by atoms with van der Waals surface area (Å²) in [6.07, 6.45) is 2.24. The van der Waals surface area contributed by atoms with Crippen molar-refractivity contribution in [3.8, 4) is 0 Å². The molecule has 3 heteroatoms. The molecule has 1 unspecified atom stereocenters. The average Bonchev–Trinajstić information content (AvgIpc) is 2.33. The molecule has 0 saturated carbocycles. The Morgan fingerprint density at radius 1 is 1.29 bits per heavy atom. The van der Waals surface area contributed by atoms with Crippen molar-refractivity contribution in [1.29, 1.82) is 0 Å². The van der Waals surface area contributed by atoms with Gasteiger partial charge in [-0.3, -0.25) is 4.98 Å². The van der Waals surface area contributed by atoms with Crippen LogP contribution >= 0.6 is 11.6 Å². The van der Waals surface area contributed by atoms with Gasteiger partial charge in [-0.25, -0.2) is 4.39 Å². The number of nitrogens with zero attached hydrogens (tertiary/aromatic N) is 1. The Balaban J connectivity index is 2.20. The van der Waals surface area contributed by atoms with Crippen LogP contribution in [0.3, 0.4) is 0 Å². The van der Waals surface area contributed by atoms with Crippen molar-refractivity contribution >= 4 is 11.6 Å². The molecule has 0 amide bonds. The minimum atomic E-state index is -0.384. The average molecular weight is 250 g/mol. The summed E-state index contributed by atoms with van der Waals surface area (Å²) in [5.41, 5.74) is 2.42. The van der Waals surface area contributed by atoms with Gasteiger partial charge in [0.2, 0.25) is 0 Å². The van der Waals surface area contributed by atoms with Crippen LogP contribution in [-0.4, -0.2) is 4.98 Å². The number of hydrogen-bond donors (Lipinski definition) is 0. The van der Waals surface area contributed by atoms with E-state index in [1.54, 1.807) is 18.3 Å². The molecular formula is C14H13ClFN. The maximum atomic E-state index is 13.6. The first-order valence-corrected chi connectivity index (χ1v) is 5.90. The van der Waals surface area contributed by atoms with Gasteiger partial charge in [-0.1, -0.05) is 23.8 Å². The second-order valence-corrected chi connectivity index (χ2v) is 4.54. The summed E-state index contributed by atoms with van der Waals surface area (Å²) in [5, 5.41) is -0.384. The van der Waals surface area contributed by atoms with E-state index in [4.69, 9.17) is 11.6 Å². The zero-order chi connectivity index (χ0) is 12.3. The lowest BCUT2D eigenvalue weighted by atomic mass is 10.0. The maximum absolute atomic E-state index is 13.6. The Morgan fingerprint density at radius 3 is 2.82 bits per heavy atom. The van der Waals surface area contributed by atoms with Crippen molar-refractivity contribution in [2.45, 2.75) is 18.7 Å². The zero-order valence-corrected chi connectivity index (χ0v) is 10.3. The molecule has 0 radical (unpaired) electrons. The second kappa shape index (κ2) is 5.28. The van der Waals surface area contributed by atoms with Gasteiger partial charge in [-0.15, -0.1) is 11.6 Å². The van der Waals surface area contributed by atoms with Crippen LogP contribution in [-0.2, 0) is 6.42 Å². The van der Waals surface area contributed by atoms with E-state index in [1.807, 2.05) is 25.1 Å². The minimum absolute atomic E-state index is 0.258. The number of aryl methyl sites for hydroxylation is 1. The Kier molecular flexibility index (Phi) is 3.75. The fourth-order valence-electron chi connectivity index (χ4n) is 1.72. The highest BCUT2D eigenvalue weighted by Gasteiger charge is 2.14. The van der Waals surface area contributed by atoms with Crippen LogP contribution in [0, 0.1) is 12.7 Å². The van der Waals surface area contributed by atoms with E-state index in [0.29, 0.717) is 12.0 Å². The van der Waals surface area contributed by atoms with E-state index in [2.05, 4.69) is 4.98 Å². The lowest BCUT2D eigenvalue weighted by Crippen LogP contribution is -2.01. The van der Waals surface area contributed by atoms with Crippen molar-refractivity contribution in [3.05, 3.63) is 65.2 Å². The van der Waals surface area contributed by atoms with Crippen LogP contribution < -0.4 is 0 Å². The summed E-state index contributed by atoms with van der Waals surface area (Å²) in [6, 6.07) is 10.6. The van der Waals surface area contributed by atoms with Gasteiger partial charge in [0.15, 0.2) is 0 Å². The third-order valence-corrected chi connectivity index (χ3v) is 2.99. The molecule has 17 heavy (non-hydrogen) atoms. The summed E-state index contributed by atoms with van der Waals surface area (Å²) in [5.74, 6) is -0.258. The van der Waals surface area contributed by atoms with Crippen LogP contribution in [0.5, 0.6) is 0 Å². The second-order valence-electron chi connectivity index (χ2n) is 4.02. The Bertz CT molecular complexity index is 499. The largest absolute Gasteiger partial charge is 0.261 e. The highest BCUT2D eigenvalue weighted by atomic mass is 35.5. The Morgan fingerprint density at radius 2 is 2.12 bits per heavy atom. The third-order valence-electron chi connectivity index (χ3n) is 2.60. The first-order valence-electron chi connectivity index (χ1n) is 5.47. The smallest absolute Gasteiger partial charge is 0.127 e. The van der Waals surface area contributed by atoms with E-state index in [1.165, 1.54) is 6.07 Å². The van der Waals surface area contributed by atoms with Gasteiger partial charge in [0, 0.05) is 23.9 Å². The highest BCUT2D eigenvalue weighted by Crippen LogP contribution is 2.27. The monoisotopic (exact) mass is 249 g/mol. The maximum Gasteiger partial charge on any atom is 0.127 e. The van der Waals surface area contributed by atoms with E-state index < -0.39 is 0 Å². The molecule has 0 spiro atoms. The number of hydrogen-bond acceptors (Lipinski definition) is 1. The number of benzene rings is 1. The molecular weight excluding hydrogens is 237 g/mol. The van der Waals surface area contributed by atoms with Gasteiger partial charge in [0.1, 0.15) is 5.82 Å². The molecule has 0 N–H and O–H groups in total. The summed E-state index contributed by atoms with van der Waals surface area (Å²) in [6.45, 7) is 1.92. The molecule has 2 rings (SSSR count). The topological polar surface area (TPSA) is 12.9 Å². The lowest BCUT2D eigenvalue weighted by Gasteiger charge is -2.11. The Labute approximate surface area is 105 Å². The van der Waals surface area contributed by atoms with Gasteiger partial charge < -0.3 is 0 Å². The summed E-state index contributed by atoms with van der Waals surface area (Å²) < 4.78 is 13.6. The highest BCUT2D eigenvalue weighted by molar-refractivity contribution is 6.20. The van der Waals surface area contributed by atoms with Gasteiger partial charge in [-0.2, -0.15) is 0 Å². The van der Waals surface area contributed by atoms with Gasteiger partial charge in [0.25, 0.3) is 0 Å². The molecule has 2 aromatic rings. The first-order chi connectivity index (χ1) is 8.16. The molecule has 1 aromatic heterocycles. The van der Waals surface area contributed by atoms with E-state index in [9.17, 15) is 4.39 Å². The fourth-order valence-corrected chi connectivity index (χ4v) is 2.04. The quantitative estimate of drug-likeness (QED) is 0.748. The lowest BCUT2D eigenvalue weighted by molar-refractivity contribution is 0.604. The molecule has 0 aliphatic rings. The van der Waals surface area contributed by atoms with Gasteiger partial charge >= 0.3 is 0 Å². The number of rotatable bonds is 3. The van der Waals surface area contributed by atoms with Crippen LogP contribution in [0.15, 0.2) is 42.6 Å². The molecule has 1 nitrogen and oxygen atoms in total. The minimum Gasteiger partial charge on any atom is -0.261 e. The molecule has 1 heterocycles. The third kappa shape index (κ3) is 3.04. The Hall–Kier alpha value is -1.41. The standard InChI is InChI=1S/C14H13ClFN/c1-10-5-6-14(16)12(8-10)13(15)9-11-4-2-3-7-17-11/h2-8,13H,9H2,1H3. The molecule has 0 bridgehead atoms. The van der Waals surface area contributed by atoms with Crippen LogP contribution in [0.1, 0.15) is 22.2 Å². The molecule has 0 saturated heterocycles. The molecule has 0 fully saturated rings. The SMILES string of the molecule is Cc1ccc(F)c(C(Cl)Cc2ccccn2)c1. The number of halogens is 2. The van der Waals surface area contributed by atoms with Crippen molar-refractivity contribution in [3.63, 3.8) is 0 Å². The van der Waals surface area contributed by atoms with Gasteiger partial charge in [-0.05, 0) is 25.1 Å². The van der Waals surface area contributed by atoms with Crippen LogP contribution in [0.4, 0.5) is 4.39 Å². The van der Waals surface area contributed by atoms with Crippen molar-refractivity contribution in [2.24, 2.45) is 0 Å². The summed E-state index contributed by atoms with van der Waals surface area (Å²) >= 11 is 6.24. The van der Waals surface area contributed by atoms with E-state index >= 15 is 0 Å². The number of aromatic nitrogens is 1. The predicted molar refractivity (Wildman–Crippen MR) is 67.7 cm³/mol. The zero-order valence-electron chi connectivity index (χ0n) is 9.53. The molecule has 0 aliphatic carbocycles. The predicted octanol–water partition coefficient (Wildman–Crippen LogP) is 4.05. The first kappa shape index (κ1) is 12.1. The molecule has 88 valence electrons. The summed E-state index contributed by atoms with van der Waals surface area (Å²) in [4.78, 5) is 4.19. The van der Waals surface area contributed by atoms with Crippen molar-refractivity contribution in [2.75, 3.05) is 0 Å². The van der Waals surface area contributed by atoms with E-state index in [-0.39, 0.29) is 11.2 Å². The summed E-state index contributed by atoms with van der Waals surface area (Å²) in [7, 11) is 0. The molecule has 1 atom stereocenters. The van der Waals surface area contributed by atoms with Crippen molar-refractivity contribution < 1.29 is 4.39 Å².